The number of rotatable bonds is 5. The van der Waals surface area contributed by atoms with Gasteiger partial charge in [-0.15, -0.1) is 0 Å². The SMILES string of the molecule is OCC1O[C@H](O[C@]2(CO)O[C@H](CO)[C@@H](O)[C@@H]2O)C(O)[C@@H](O)[C@@H]1O. The normalized spacial score (nSPS) is 51.1. The van der Waals surface area contributed by atoms with Crippen LogP contribution < -0.4 is 0 Å². The first-order valence-corrected chi connectivity index (χ1v) is 7.05. The van der Waals surface area contributed by atoms with E-state index in [2.05, 4.69) is 0 Å². The molecule has 0 aromatic rings. The third kappa shape index (κ3) is 3.23. The Morgan fingerprint density at radius 1 is 0.783 bits per heavy atom. The summed E-state index contributed by atoms with van der Waals surface area (Å²) in [5.41, 5.74) is 0. The smallest absolute Gasteiger partial charge is 0.224 e. The van der Waals surface area contributed by atoms with E-state index in [1.54, 1.807) is 0 Å². The third-order valence-corrected chi connectivity index (χ3v) is 4.07. The van der Waals surface area contributed by atoms with Gasteiger partial charge in [-0.2, -0.15) is 0 Å². The van der Waals surface area contributed by atoms with E-state index < -0.39 is 74.6 Å². The van der Waals surface area contributed by atoms with Crippen molar-refractivity contribution in [2.24, 2.45) is 0 Å². The molecule has 0 radical (unpaired) electrons. The van der Waals surface area contributed by atoms with Gasteiger partial charge in [0.05, 0.1) is 13.2 Å². The number of aliphatic hydroxyl groups is 8. The highest BCUT2D eigenvalue weighted by Gasteiger charge is 2.58. The van der Waals surface area contributed by atoms with Gasteiger partial charge in [-0.05, 0) is 0 Å². The van der Waals surface area contributed by atoms with E-state index >= 15 is 0 Å². The standard InChI is InChI=1S/C12H22O11/c13-1-4-6(16)8(18)9(19)11(21-4)23-12(3-15)10(20)7(17)5(2-14)22-12/h4-11,13-20H,1-3H2/t4?,5-,6-,7-,8+,9?,10+,11-,12+/m1/s1. The van der Waals surface area contributed by atoms with Crippen molar-refractivity contribution in [3.8, 4) is 0 Å². The maximum atomic E-state index is 10.00. The minimum Gasteiger partial charge on any atom is -0.394 e. The summed E-state index contributed by atoms with van der Waals surface area (Å²) in [7, 11) is 0. The van der Waals surface area contributed by atoms with Crippen LogP contribution in [0.25, 0.3) is 0 Å². The van der Waals surface area contributed by atoms with Crippen molar-refractivity contribution in [1.29, 1.82) is 0 Å². The van der Waals surface area contributed by atoms with Gasteiger partial charge in [0.15, 0.2) is 6.29 Å². The van der Waals surface area contributed by atoms with Crippen molar-refractivity contribution >= 4 is 0 Å². The molecule has 2 aliphatic heterocycles. The molecule has 0 spiro atoms. The largest absolute Gasteiger partial charge is 0.394 e. The minimum atomic E-state index is -2.22. The molecule has 2 fully saturated rings. The lowest BCUT2D eigenvalue weighted by Gasteiger charge is -2.43. The maximum Gasteiger partial charge on any atom is 0.224 e. The molecule has 2 unspecified atom stereocenters. The first-order chi connectivity index (χ1) is 10.8. The van der Waals surface area contributed by atoms with Crippen LogP contribution in [0.5, 0.6) is 0 Å². The summed E-state index contributed by atoms with van der Waals surface area (Å²) in [6, 6.07) is 0. The van der Waals surface area contributed by atoms with E-state index in [9.17, 15) is 30.6 Å². The maximum absolute atomic E-state index is 10.00. The van der Waals surface area contributed by atoms with Gasteiger partial charge < -0.3 is 55.1 Å². The molecule has 11 heteroatoms. The fourth-order valence-corrected chi connectivity index (χ4v) is 2.63. The van der Waals surface area contributed by atoms with Crippen molar-refractivity contribution in [2.45, 2.75) is 54.8 Å². The fraction of sp³-hybridized carbons (Fsp3) is 1.00. The molecule has 136 valence electrons. The van der Waals surface area contributed by atoms with Crippen LogP contribution in [0.1, 0.15) is 0 Å². The second-order valence-corrected chi connectivity index (χ2v) is 5.56. The Hall–Kier alpha value is -0.440. The Morgan fingerprint density at radius 2 is 1.39 bits per heavy atom. The van der Waals surface area contributed by atoms with Crippen molar-refractivity contribution in [1.82, 2.24) is 0 Å². The summed E-state index contributed by atoms with van der Waals surface area (Å²) >= 11 is 0. The molecular weight excluding hydrogens is 320 g/mol. The molecule has 2 aliphatic rings. The van der Waals surface area contributed by atoms with Crippen molar-refractivity contribution in [3.63, 3.8) is 0 Å². The minimum absolute atomic E-state index is 0.669. The van der Waals surface area contributed by atoms with Crippen molar-refractivity contribution < 1.29 is 55.1 Å². The first kappa shape index (κ1) is 18.9. The molecule has 0 saturated carbocycles. The van der Waals surface area contributed by atoms with Crippen molar-refractivity contribution in [3.05, 3.63) is 0 Å². The molecular formula is C12H22O11. The molecule has 0 aromatic carbocycles. The van der Waals surface area contributed by atoms with E-state index in [0.29, 0.717) is 0 Å². The van der Waals surface area contributed by atoms with Crippen LogP contribution in [0.2, 0.25) is 0 Å². The third-order valence-electron chi connectivity index (χ3n) is 4.07. The van der Waals surface area contributed by atoms with Crippen LogP contribution in [0.4, 0.5) is 0 Å². The van der Waals surface area contributed by atoms with Crippen LogP contribution in [0, 0.1) is 0 Å². The van der Waals surface area contributed by atoms with Crippen LogP contribution in [-0.4, -0.2) is 115 Å². The van der Waals surface area contributed by atoms with Gasteiger partial charge in [0, 0.05) is 0 Å². The number of hydrogen-bond donors (Lipinski definition) is 8. The molecule has 0 aliphatic carbocycles. The van der Waals surface area contributed by atoms with Crippen LogP contribution in [0.3, 0.4) is 0 Å². The molecule has 9 atom stereocenters. The van der Waals surface area contributed by atoms with Crippen LogP contribution >= 0.6 is 0 Å². The van der Waals surface area contributed by atoms with E-state index in [1.807, 2.05) is 0 Å². The second-order valence-electron chi connectivity index (χ2n) is 5.56. The number of ether oxygens (including phenoxy) is 3. The fourth-order valence-electron chi connectivity index (χ4n) is 2.63. The molecule has 2 heterocycles. The van der Waals surface area contributed by atoms with Gasteiger partial charge in [-0.1, -0.05) is 0 Å². The average molecular weight is 342 g/mol. The van der Waals surface area contributed by atoms with E-state index in [0.717, 1.165) is 0 Å². The summed E-state index contributed by atoms with van der Waals surface area (Å²) in [4.78, 5) is 0. The first-order valence-electron chi connectivity index (χ1n) is 7.05. The Kier molecular flexibility index (Phi) is 5.92. The summed E-state index contributed by atoms with van der Waals surface area (Å²) < 4.78 is 15.4. The molecule has 0 aromatic heterocycles. The van der Waals surface area contributed by atoms with Gasteiger partial charge in [0.2, 0.25) is 5.79 Å². The number of aliphatic hydroxyl groups excluding tert-OH is 8. The predicted molar refractivity (Wildman–Crippen MR) is 68.6 cm³/mol. The van der Waals surface area contributed by atoms with Gasteiger partial charge in [0.25, 0.3) is 0 Å². The summed E-state index contributed by atoms with van der Waals surface area (Å²) in [5, 5.41) is 76.7. The number of hydrogen-bond acceptors (Lipinski definition) is 11. The lowest BCUT2D eigenvalue weighted by molar-refractivity contribution is -0.383. The Morgan fingerprint density at radius 3 is 1.87 bits per heavy atom. The summed E-state index contributed by atoms with van der Waals surface area (Å²) in [6.45, 7) is -2.32. The van der Waals surface area contributed by atoms with Crippen molar-refractivity contribution in [2.75, 3.05) is 19.8 Å². The van der Waals surface area contributed by atoms with E-state index in [4.69, 9.17) is 24.4 Å². The molecule has 11 nitrogen and oxygen atoms in total. The predicted octanol–water partition coefficient (Wildman–Crippen LogP) is -5.40. The zero-order valence-corrected chi connectivity index (χ0v) is 12.0. The molecule has 2 rings (SSSR count). The lowest BCUT2D eigenvalue weighted by Crippen LogP contribution is -2.62. The van der Waals surface area contributed by atoms with Crippen LogP contribution in [0.15, 0.2) is 0 Å². The molecule has 23 heavy (non-hydrogen) atoms. The second kappa shape index (κ2) is 7.21. The lowest BCUT2D eigenvalue weighted by atomic mass is 9.99. The Bertz CT molecular complexity index is 393. The Balaban J connectivity index is 2.18. The quantitative estimate of drug-likeness (QED) is 0.238. The summed E-state index contributed by atoms with van der Waals surface area (Å²) in [5.74, 6) is -2.22. The Labute approximate surface area is 130 Å². The monoisotopic (exact) mass is 342 g/mol. The molecule has 0 bridgehead atoms. The van der Waals surface area contributed by atoms with Gasteiger partial charge in [-0.3, -0.25) is 0 Å². The van der Waals surface area contributed by atoms with Gasteiger partial charge in [-0.25, -0.2) is 0 Å². The van der Waals surface area contributed by atoms with E-state index in [1.165, 1.54) is 0 Å². The topological polar surface area (TPSA) is 190 Å². The zero-order chi connectivity index (χ0) is 17.4. The van der Waals surface area contributed by atoms with Gasteiger partial charge >= 0.3 is 0 Å². The average Bonchev–Trinajstić information content (AvgIpc) is 2.80. The zero-order valence-electron chi connectivity index (χ0n) is 12.0. The van der Waals surface area contributed by atoms with Crippen LogP contribution in [-0.2, 0) is 14.2 Å². The highest BCUT2D eigenvalue weighted by molar-refractivity contribution is 4.98. The highest BCUT2D eigenvalue weighted by atomic mass is 16.8. The molecule has 2 saturated heterocycles. The molecule has 8 N–H and O–H groups in total. The molecule has 0 amide bonds. The van der Waals surface area contributed by atoms with Gasteiger partial charge in [0.1, 0.15) is 49.3 Å². The van der Waals surface area contributed by atoms with E-state index in [-0.39, 0.29) is 0 Å². The summed E-state index contributed by atoms with van der Waals surface area (Å²) in [6.07, 6.45) is -12.7. The highest BCUT2D eigenvalue weighted by Crippen LogP contribution is 2.35.